The molecule has 3 rings (SSSR count). The number of nitrogens with zero attached hydrogens (tertiary/aromatic N) is 3. The smallest absolute Gasteiger partial charge is 0.317 e. The Hall–Kier alpha value is -2.24. The van der Waals surface area contributed by atoms with Crippen LogP contribution in [0.2, 0.25) is 0 Å². The number of aryl methyl sites for hydroxylation is 1. The highest BCUT2D eigenvalue weighted by Crippen LogP contribution is 2.20. The van der Waals surface area contributed by atoms with Gasteiger partial charge >= 0.3 is 6.03 Å². The van der Waals surface area contributed by atoms with E-state index >= 15 is 0 Å². The minimum Gasteiger partial charge on any atom is -0.472 e. The van der Waals surface area contributed by atoms with Gasteiger partial charge in [-0.25, -0.2) is 4.79 Å². The fraction of sp³-hybridized carbons (Fsp3) is 0.500. The Morgan fingerprint density at radius 3 is 3.18 bits per heavy atom. The van der Waals surface area contributed by atoms with Gasteiger partial charge in [-0.1, -0.05) is 0 Å². The molecule has 22 heavy (non-hydrogen) atoms. The molecule has 0 bridgehead atoms. The number of nitrogens with one attached hydrogen (secondary N) is 1. The topological polar surface area (TPSA) is 63.3 Å². The van der Waals surface area contributed by atoms with Gasteiger partial charge in [-0.15, -0.1) is 0 Å². The van der Waals surface area contributed by atoms with E-state index in [1.54, 1.807) is 18.7 Å². The van der Waals surface area contributed by atoms with Crippen molar-refractivity contribution in [1.82, 2.24) is 20.0 Å². The van der Waals surface area contributed by atoms with Crippen LogP contribution in [0.5, 0.6) is 0 Å². The summed E-state index contributed by atoms with van der Waals surface area (Å²) < 4.78 is 6.95. The number of carbonyl (C=O) groups excluding carboxylic acids is 1. The third-order valence-electron chi connectivity index (χ3n) is 4.16. The van der Waals surface area contributed by atoms with E-state index in [9.17, 15) is 4.79 Å². The molecule has 2 amide bonds. The molecule has 3 heterocycles. The Bertz CT molecular complexity index is 565. The largest absolute Gasteiger partial charge is 0.472 e. The molecule has 1 aliphatic heterocycles. The Morgan fingerprint density at radius 1 is 1.45 bits per heavy atom. The summed E-state index contributed by atoms with van der Waals surface area (Å²) in [5.74, 6) is 0. The van der Waals surface area contributed by atoms with E-state index in [0.717, 1.165) is 37.9 Å². The molecule has 0 aliphatic carbocycles. The molecule has 6 heteroatoms. The van der Waals surface area contributed by atoms with Crippen molar-refractivity contribution in [2.24, 2.45) is 0 Å². The SMILES string of the molecule is O=C(NCc1ccoc1)N1CCCC[C@@H]1CCn1cccn1. The molecule has 1 fully saturated rings. The molecule has 0 spiro atoms. The van der Waals surface area contributed by atoms with Crippen molar-refractivity contribution in [3.05, 3.63) is 42.6 Å². The van der Waals surface area contributed by atoms with Gasteiger partial charge in [0.25, 0.3) is 0 Å². The molecular weight excluding hydrogens is 280 g/mol. The van der Waals surface area contributed by atoms with E-state index in [4.69, 9.17) is 4.42 Å². The number of hydrogen-bond donors (Lipinski definition) is 1. The molecule has 0 radical (unpaired) electrons. The summed E-state index contributed by atoms with van der Waals surface area (Å²) >= 11 is 0. The summed E-state index contributed by atoms with van der Waals surface area (Å²) in [6, 6.07) is 4.11. The monoisotopic (exact) mass is 302 g/mol. The first-order valence-corrected chi connectivity index (χ1v) is 7.86. The van der Waals surface area contributed by atoms with Crippen molar-refractivity contribution in [2.45, 2.75) is 44.8 Å². The van der Waals surface area contributed by atoms with Gasteiger partial charge in [0.1, 0.15) is 0 Å². The van der Waals surface area contributed by atoms with Crippen molar-refractivity contribution >= 4 is 6.03 Å². The predicted octanol–water partition coefficient (Wildman–Crippen LogP) is 2.63. The van der Waals surface area contributed by atoms with Crippen molar-refractivity contribution < 1.29 is 9.21 Å². The molecular formula is C16H22N4O2. The van der Waals surface area contributed by atoms with Gasteiger partial charge in [-0.2, -0.15) is 5.10 Å². The number of aromatic nitrogens is 2. The second-order valence-electron chi connectivity index (χ2n) is 5.69. The number of carbonyl (C=O) groups is 1. The van der Waals surface area contributed by atoms with Crippen molar-refractivity contribution in [3.8, 4) is 0 Å². The highest BCUT2D eigenvalue weighted by Gasteiger charge is 2.26. The summed E-state index contributed by atoms with van der Waals surface area (Å²) in [6.45, 7) is 2.20. The number of furan rings is 1. The Morgan fingerprint density at radius 2 is 2.41 bits per heavy atom. The van der Waals surface area contributed by atoms with Crippen LogP contribution in [-0.2, 0) is 13.1 Å². The molecule has 2 aromatic rings. The minimum absolute atomic E-state index is 0.0198. The second kappa shape index (κ2) is 7.15. The zero-order valence-corrected chi connectivity index (χ0v) is 12.6. The summed E-state index contributed by atoms with van der Waals surface area (Å²) in [6.07, 6.45) is 11.3. The van der Waals surface area contributed by atoms with Gasteiger partial charge in [0.15, 0.2) is 0 Å². The Kier molecular flexibility index (Phi) is 4.78. The number of urea groups is 1. The van der Waals surface area contributed by atoms with E-state index in [2.05, 4.69) is 10.4 Å². The van der Waals surface area contributed by atoms with E-state index in [0.29, 0.717) is 12.6 Å². The molecule has 1 aliphatic rings. The average molecular weight is 302 g/mol. The van der Waals surface area contributed by atoms with Crippen molar-refractivity contribution in [1.29, 1.82) is 0 Å². The number of rotatable bonds is 5. The summed E-state index contributed by atoms with van der Waals surface area (Å²) in [7, 11) is 0. The first-order valence-electron chi connectivity index (χ1n) is 7.86. The normalized spacial score (nSPS) is 18.4. The van der Waals surface area contributed by atoms with Crippen LogP contribution >= 0.6 is 0 Å². The van der Waals surface area contributed by atoms with Gasteiger partial charge < -0.3 is 14.6 Å². The molecule has 0 saturated carbocycles. The lowest BCUT2D eigenvalue weighted by Gasteiger charge is -2.35. The standard InChI is InChI=1S/C16H22N4O2/c21-16(17-12-14-6-11-22-13-14)20-9-2-1-4-15(20)5-10-19-8-3-7-18-19/h3,6-8,11,13,15H,1-2,4-5,9-10,12H2,(H,17,21)/t15-/m1/s1. The number of piperidine rings is 1. The molecule has 0 aromatic carbocycles. The highest BCUT2D eigenvalue weighted by molar-refractivity contribution is 5.74. The molecule has 1 saturated heterocycles. The third kappa shape index (κ3) is 3.69. The zero-order chi connectivity index (χ0) is 15.2. The number of likely N-dealkylation sites (tertiary alicyclic amines) is 1. The van der Waals surface area contributed by atoms with Crippen LogP contribution in [0.1, 0.15) is 31.2 Å². The van der Waals surface area contributed by atoms with Gasteiger partial charge in [-0.05, 0) is 37.8 Å². The van der Waals surface area contributed by atoms with Crippen molar-refractivity contribution in [2.75, 3.05) is 6.54 Å². The molecule has 1 atom stereocenters. The van der Waals surface area contributed by atoms with Crippen LogP contribution in [0.3, 0.4) is 0 Å². The average Bonchev–Trinajstić information content (AvgIpc) is 3.24. The van der Waals surface area contributed by atoms with E-state index in [1.807, 2.05) is 27.9 Å². The lowest BCUT2D eigenvalue weighted by Crippen LogP contribution is -2.48. The van der Waals surface area contributed by atoms with Gasteiger partial charge in [0.2, 0.25) is 0 Å². The lowest BCUT2D eigenvalue weighted by molar-refractivity contribution is 0.143. The zero-order valence-electron chi connectivity index (χ0n) is 12.6. The molecule has 118 valence electrons. The third-order valence-corrected chi connectivity index (χ3v) is 4.16. The van der Waals surface area contributed by atoms with Gasteiger partial charge in [0, 0.05) is 43.6 Å². The molecule has 6 nitrogen and oxygen atoms in total. The lowest BCUT2D eigenvalue weighted by atomic mass is 10.00. The summed E-state index contributed by atoms with van der Waals surface area (Å²) in [5.41, 5.74) is 0.985. The number of amides is 2. The van der Waals surface area contributed by atoms with Crippen LogP contribution in [0.25, 0.3) is 0 Å². The van der Waals surface area contributed by atoms with Crippen LogP contribution < -0.4 is 5.32 Å². The van der Waals surface area contributed by atoms with Crippen molar-refractivity contribution in [3.63, 3.8) is 0 Å². The first-order chi connectivity index (χ1) is 10.8. The maximum absolute atomic E-state index is 12.4. The van der Waals surface area contributed by atoms with Crippen LogP contribution in [0, 0.1) is 0 Å². The fourth-order valence-electron chi connectivity index (χ4n) is 2.95. The highest BCUT2D eigenvalue weighted by atomic mass is 16.3. The van der Waals surface area contributed by atoms with E-state index in [1.165, 1.54) is 6.42 Å². The number of hydrogen-bond acceptors (Lipinski definition) is 3. The molecule has 2 aromatic heterocycles. The fourth-order valence-corrected chi connectivity index (χ4v) is 2.95. The second-order valence-corrected chi connectivity index (χ2v) is 5.69. The predicted molar refractivity (Wildman–Crippen MR) is 82.1 cm³/mol. The quantitative estimate of drug-likeness (QED) is 0.923. The van der Waals surface area contributed by atoms with E-state index < -0.39 is 0 Å². The van der Waals surface area contributed by atoms with Crippen LogP contribution in [0.4, 0.5) is 4.79 Å². The molecule has 1 N–H and O–H groups in total. The van der Waals surface area contributed by atoms with Gasteiger partial charge in [0.05, 0.1) is 12.5 Å². The van der Waals surface area contributed by atoms with Crippen LogP contribution in [0.15, 0.2) is 41.5 Å². The minimum atomic E-state index is 0.0198. The maximum atomic E-state index is 12.4. The van der Waals surface area contributed by atoms with E-state index in [-0.39, 0.29) is 6.03 Å². The maximum Gasteiger partial charge on any atom is 0.317 e. The van der Waals surface area contributed by atoms with Gasteiger partial charge in [-0.3, -0.25) is 4.68 Å². The Balaban J connectivity index is 1.53. The summed E-state index contributed by atoms with van der Waals surface area (Å²) in [5, 5.41) is 7.21. The summed E-state index contributed by atoms with van der Waals surface area (Å²) in [4.78, 5) is 14.4. The first kappa shape index (κ1) is 14.7. The van der Waals surface area contributed by atoms with Crippen LogP contribution in [-0.4, -0.2) is 33.3 Å². The Labute approximate surface area is 130 Å². The molecule has 0 unspecified atom stereocenters.